The Morgan fingerprint density at radius 1 is 1.71 bits per heavy atom. The predicted molar refractivity (Wildman–Crippen MR) is 60.1 cm³/mol. The van der Waals surface area contributed by atoms with Gasteiger partial charge < -0.3 is 15.4 Å². The van der Waals surface area contributed by atoms with Crippen molar-refractivity contribution in [2.45, 2.75) is 6.04 Å². The van der Waals surface area contributed by atoms with E-state index in [4.69, 9.17) is 15.7 Å². The first-order valence-corrected chi connectivity index (χ1v) is 5.22. The fourth-order valence-electron chi connectivity index (χ4n) is 1.84. The number of aromatic nitrogens is 1. The van der Waals surface area contributed by atoms with E-state index in [9.17, 15) is 4.79 Å². The molecule has 0 radical (unpaired) electrons. The number of rotatable bonds is 2. The molecule has 0 spiro atoms. The quantitative estimate of drug-likeness (QED) is 0.752. The number of ether oxygens (including phenoxy) is 1. The van der Waals surface area contributed by atoms with Crippen molar-refractivity contribution in [3.05, 3.63) is 24.0 Å². The highest BCUT2D eigenvalue weighted by Gasteiger charge is 2.29. The minimum atomic E-state index is -0.542. The van der Waals surface area contributed by atoms with Gasteiger partial charge in [-0.1, -0.05) is 0 Å². The Balaban J connectivity index is 2.36. The molecule has 2 rings (SSSR count). The standard InChI is InChI=1S/C11H12N4O2/c12-5-8-1-2-14-6-9(8)15-3-4-17-7-10(15)11(13)16/h1-2,6,10H,3-4,7H2,(H2,13,16). The molecule has 1 aromatic rings. The highest BCUT2D eigenvalue weighted by molar-refractivity contribution is 5.84. The summed E-state index contributed by atoms with van der Waals surface area (Å²) in [6.45, 7) is 1.27. The lowest BCUT2D eigenvalue weighted by Gasteiger charge is -2.35. The third-order valence-electron chi connectivity index (χ3n) is 2.69. The topological polar surface area (TPSA) is 92.2 Å². The van der Waals surface area contributed by atoms with E-state index < -0.39 is 11.9 Å². The van der Waals surface area contributed by atoms with Crippen LogP contribution in [0.4, 0.5) is 5.69 Å². The number of anilines is 1. The molecule has 0 bridgehead atoms. The maximum atomic E-state index is 11.3. The summed E-state index contributed by atoms with van der Waals surface area (Å²) >= 11 is 0. The Morgan fingerprint density at radius 2 is 2.53 bits per heavy atom. The summed E-state index contributed by atoms with van der Waals surface area (Å²) in [6.07, 6.45) is 3.11. The number of hydrogen-bond donors (Lipinski definition) is 1. The molecule has 2 heterocycles. The minimum Gasteiger partial charge on any atom is -0.377 e. The lowest BCUT2D eigenvalue weighted by atomic mass is 10.1. The highest BCUT2D eigenvalue weighted by atomic mass is 16.5. The van der Waals surface area contributed by atoms with Gasteiger partial charge in [-0.2, -0.15) is 5.26 Å². The number of nitrogens with two attached hydrogens (primary N) is 1. The Bertz CT molecular complexity index is 469. The van der Waals surface area contributed by atoms with E-state index >= 15 is 0 Å². The van der Waals surface area contributed by atoms with Gasteiger partial charge in [0.05, 0.1) is 30.7 Å². The molecule has 1 amide bonds. The Hall–Kier alpha value is -2.13. The number of nitrogens with zero attached hydrogens (tertiary/aromatic N) is 3. The maximum Gasteiger partial charge on any atom is 0.242 e. The molecule has 1 aliphatic heterocycles. The summed E-state index contributed by atoms with van der Waals surface area (Å²) in [6, 6.07) is 3.15. The van der Waals surface area contributed by atoms with Crippen molar-refractivity contribution in [3.63, 3.8) is 0 Å². The van der Waals surface area contributed by atoms with Gasteiger partial charge in [0.2, 0.25) is 5.91 Å². The van der Waals surface area contributed by atoms with Crippen LogP contribution in [-0.2, 0) is 9.53 Å². The average molecular weight is 232 g/mol. The molecule has 1 aromatic heterocycles. The molecule has 1 saturated heterocycles. The number of carbonyl (C=O) groups is 1. The minimum absolute atomic E-state index is 0.245. The zero-order chi connectivity index (χ0) is 12.3. The number of morpholine rings is 1. The van der Waals surface area contributed by atoms with Crippen molar-refractivity contribution in [2.75, 3.05) is 24.7 Å². The van der Waals surface area contributed by atoms with Gasteiger partial charge in [0, 0.05) is 12.7 Å². The van der Waals surface area contributed by atoms with Crippen molar-refractivity contribution in [1.29, 1.82) is 5.26 Å². The fourth-order valence-corrected chi connectivity index (χ4v) is 1.84. The second kappa shape index (κ2) is 4.80. The van der Waals surface area contributed by atoms with E-state index in [-0.39, 0.29) is 6.61 Å². The third-order valence-corrected chi connectivity index (χ3v) is 2.69. The molecule has 0 aliphatic carbocycles. The molecular formula is C11H12N4O2. The normalized spacial score (nSPS) is 19.7. The summed E-state index contributed by atoms with van der Waals surface area (Å²) in [4.78, 5) is 17.1. The van der Waals surface area contributed by atoms with Crippen LogP contribution in [0.2, 0.25) is 0 Å². The Morgan fingerprint density at radius 3 is 3.24 bits per heavy atom. The molecule has 6 heteroatoms. The van der Waals surface area contributed by atoms with Crippen LogP contribution in [0.1, 0.15) is 5.56 Å². The lowest BCUT2D eigenvalue weighted by molar-refractivity contribution is -0.121. The van der Waals surface area contributed by atoms with Gasteiger partial charge in [0.25, 0.3) is 0 Å². The summed E-state index contributed by atoms with van der Waals surface area (Å²) in [5.41, 5.74) is 6.43. The summed E-state index contributed by atoms with van der Waals surface area (Å²) in [5, 5.41) is 9.02. The number of carbonyl (C=O) groups excluding carboxylic acids is 1. The monoisotopic (exact) mass is 232 g/mol. The smallest absolute Gasteiger partial charge is 0.242 e. The molecule has 1 unspecified atom stereocenters. The first kappa shape index (κ1) is 11.4. The summed E-state index contributed by atoms with van der Waals surface area (Å²) < 4.78 is 5.22. The molecule has 0 aromatic carbocycles. The van der Waals surface area contributed by atoms with Gasteiger partial charge in [-0.05, 0) is 6.07 Å². The van der Waals surface area contributed by atoms with Crippen LogP contribution in [0.3, 0.4) is 0 Å². The van der Waals surface area contributed by atoms with Crippen molar-refractivity contribution in [2.24, 2.45) is 5.73 Å². The largest absolute Gasteiger partial charge is 0.377 e. The van der Waals surface area contributed by atoms with E-state index in [1.165, 1.54) is 0 Å². The zero-order valence-corrected chi connectivity index (χ0v) is 9.17. The first-order chi connectivity index (χ1) is 8.24. The van der Waals surface area contributed by atoms with Crippen LogP contribution in [0.25, 0.3) is 0 Å². The molecule has 0 saturated carbocycles. The number of amides is 1. The predicted octanol–water partition coefficient (Wildman–Crippen LogP) is -0.356. The van der Waals surface area contributed by atoms with Crippen molar-refractivity contribution in [1.82, 2.24) is 4.98 Å². The molecular weight excluding hydrogens is 220 g/mol. The van der Waals surface area contributed by atoms with E-state index in [0.29, 0.717) is 24.4 Å². The van der Waals surface area contributed by atoms with Gasteiger partial charge in [0.1, 0.15) is 12.1 Å². The summed E-state index contributed by atoms with van der Waals surface area (Å²) in [5.74, 6) is -0.461. The van der Waals surface area contributed by atoms with Gasteiger partial charge in [-0.3, -0.25) is 9.78 Å². The maximum absolute atomic E-state index is 11.3. The average Bonchev–Trinajstić information content (AvgIpc) is 2.38. The molecule has 88 valence electrons. The van der Waals surface area contributed by atoms with Crippen molar-refractivity contribution in [3.8, 4) is 6.07 Å². The number of hydrogen-bond acceptors (Lipinski definition) is 5. The van der Waals surface area contributed by atoms with Crippen LogP contribution < -0.4 is 10.6 Å². The molecule has 1 aliphatic rings. The van der Waals surface area contributed by atoms with Gasteiger partial charge in [0.15, 0.2) is 0 Å². The van der Waals surface area contributed by atoms with E-state index in [1.54, 1.807) is 23.4 Å². The second-order valence-corrected chi connectivity index (χ2v) is 3.69. The number of nitriles is 1. The second-order valence-electron chi connectivity index (χ2n) is 3.69. The number of pyridine rings is 1. The van der Waals surface area contributed by atoms with Crippen LogP contribution >= 0.6 is 0 Å². The zero-order valence-electron chi connectivity index (χ0n) is 9.17. The van der Waals surface area contributed by atoms with E-state index in [2.05, 4.69) is 11.1 Å². The molecule has 6 nitrogen and oxygen atoms in total. The van der Waals surface area contributed by atoms with Gasteiger partial charge in [-0.15, -0.1) is 0 Å². The van der Waals surface area contributed by atoms with E-state index in [0.717, 1.165) is 0 Å². The first-order valence-electron chi connectivity index (χ1n) is 5.22. The SMILES string of the molecule is N#Cc1ccncc1N1CCOCC1C(N)=O. The van der Waals surface area contributed by atoms with Gasteiger partial charge >= 0.3 is 0 Å². The van der Waals surface area contributed by atoms with E-state index in [1.807, 2.05) is 0 Å². The number of primary amides is 1. The van der Waals surface area contributed by atoms with Crippen molar-refractivity contribution >= 4 is 11.6 Å². The van der Waals surface area contributed by atoms with Gasteiger partial charge in [-0.25, -0.2) is 0 Å². The lowest BCUT2D eigenvalue weighted by Crippen LogP contribution is -2.52. The van der Waals surface area contributed by atoms with Crippen LogP contribution in [0.15, 0.2) is 18.5 Å². The molecule has 1 atom stereocenters. The highest BCUT2D eigenvalue weighted by Crippen LogP contribution is 2.22. The summed E-state index contributed by atoms with van der Waals surface area (Å²) in [7, 11) is 0. The molecule has 1 fully saturated rings. The molecule has 17 heavy (non-hydrogen) atoms. The van der Waals surface area contributed by atoms with Crippen LogP contribution in [0, 0.1) is 11.3 Å². The Kier molecular flexibility index (Phi) is 3.21. The Labute approximate surface area is 98.6 Å². The molecule has 2 N–H and O–H groups in total. The van der Waals surface area contributed by atoms with Crippen LogP contribution in [-0.4, -0.2) is 36.7 Å². The van der Waals surface area contributed by atoms with Crippen molar-refractivity contribution < 1.29 is 9.53 Å². The van der Waals surface area contributed by atoms with Crippen LogP contribution in [0.5, 0.6) is 0 Å². The third kappa shape index (κ3) is 2.19. The fraction of sp³-hybridized carbons (Fsp3) is 0.364.